The summed E-state index contributed by atoms with van der Waals surface area (Å²) in [5.41, 5.74) is 2.97. The lowest BCUT2D eigenvalue weighted by atomic mass is 9.63. The summed E-state index contributed by atoms with van der Waals surface area (Å²) in [4.78, 5) is 26.5. The normalized spacial score (nSPS) is 26.4. The van der Waals surface area contributed by atoms with E-state index in [1.807, 2.05) is 54.3 Å². The summed E-state index contributed by atoms with van der Waals surface area (Å²) >= 11 is 0. The summed E-state index contributed by atoms with van der Waals surface area (Å²) in [5, 5.41) is 0. The average Bonchev–Trinajstić information content (AvgIpc) is 3.36. The summed E-state index contributed by atoms with van der Waals surface area (Å²) in [7, 11) is 0. The molecule has 2 aliphatic carbocycles. The van der Waals surface area contributed by atoms with Crippen molar-refractivity contribution in [1.82, 2.24) is 9.97 Å². The minimum absolute atomic E-state index is 0.119. The third-order valence-electron chi connectivity index (χ3n) is 8.53. The lowest BCUT2D eigenvalue weighted by Crippen LogP contribution is -2.53. The molecule has 3 aliphatic rings. The van der Waals surface area contributed by atoms with Gasteiger partial charge in [-0.3, -0.25) is 4.79 Å². The van der Waals surface area contributed by atoms with Crippen LogP contribution in [-0.2, 0) is 15.6 Å². The Hall–Kier alpha value is -3.15. The molecule has 0 N–H and O–H groups in total. The second-order valence-electron chi connectivity index (χ2n) is 9.86. The SMILES string of the molecule is CCN(C(=O)C12CCC(C)(c3nc4cc5c(cc4nc31)OCO5)C2(C)C)c1ccccc1. The lowest BCUT2D eigenvalue weighted by molar-refractivity contribution is -0.127. The van der Waals surface area contributed by atoms with E-state index in [2.05, 4.69) is 20.8 Å². The van der Waals surface area contributed by atoms with Crippen molar-refractivity contribution in [3.63, 3.8) is 0 Å². The first-order chi connectivity index (χ1) is 15.3. The van der Waals surface area contributed by atoms with Crippen LogP contribution in [0.3, 0.4) is 0 Å². The number of fused-ring (bicyclic) bond motifs is 7. The Balaban J connectivity index is 1.58. The molecule has 164 valence electrons. The van der Waals surface area contributed by atoms with E-state index in [-0.39, 0.29) is 23.5 Å². The molecule has 2 aromatic carbocycles. The molecule has 2 atom stereocenters. The molecule has 6 rings (SSSR count). The first-order valence-electron chi connectivity index (χ1n) is 11.3. The zero-order valence-electron chi connectivity index (χ0n) is 18.9. The van der Waals surface area contributed by atoms with E-state index in [1.165, 1.54) is 0 Å². The number of benzene rings is 2. The van der Waals surface area contributed by atoms with Gasteiger partial charge in [0.2, 0.25) is 12.7 Å². The van der Waals surface area contributed by atoms with E-state index in [0.717, 1.165) is 41.0 Å². The zero-order valence-corrected chi connectivity index (χ0v) is 18.9. The molecule has 2 bridgehead atoms. The van der Waals surface area contributed by atoms with E-state index >= 15 is 0 Å². The summed E-state index contributed by atoms with van der Waals surface area (Å²) in [6.07, 6.45) is 1.69. The van der Waals surface area contributed by atoms with Gasteiger partial charge < -0.3 is 14.4 Å². The van der Waals surface area contributed by atoms with Crippen LogP contribution in [-0.4, -0.2) is 29.2 Å². The van der Waals surface area contributed by atoms with Crippen LogP contribution in [0.4, 0.5) is 5.69 Å². The van der Waals surface area contributed by atoms with Gasteiger partial charge in [-0.05, 0) is 37.3 Å². The third-order valence-corrected chi connectivity index (χ3v) is 8.53. The zero-order chi connectivity index (χ0) is 22.3. The number of hydrogen-bond acceptors (Lipinski definition) is 5. The van der Waals surface area contributed by atoms with E-state index in [1.54, 1.807) is 0 Å². The van der Waals surface area contributed by atoms with Gasteiger partial charge >= 0.3 is 0 Å². The van der Waals surface area contributed by atoms with Gasteiger partial charge in [0.15, 0.2) is 11.5 Å². The highest BCUT2D eigenvalue weighted by Crippen LogP contribution is 2.70. The maximum atomic E-state index is 14.4. The van der Waals surface area contributed by atoms with Crippen LogP contribution in [0.5, 0.6) is 11.5 Å². The number of carbonyl (C=O) groups excluding carboxylic acids is 1. The van der Waals surface area contributed by atoms with Crippen molar-refractivity contribution in [1.29, 1.82) is 0 Å². The number of nitrogens with zero attached hydrogens (tertiary/aromatic N) is 3. The Morgan fingerprint density at radius 2 is 1.59 bits per heavy atom. The summed E-state index contributed by atoms with van der Waals surface area (Å²) in [5.74, 6) is 1.50. The molecule has 6 nitrogen and oxygen atoms in total. The van der Waals surface area contributed by atoms with E-state index in [0.29, 0.717) is 18.0 Å². The van der Waals surface area contributed by atoms with E-state index < -0.39 is 5.41 Å². The van der Waals surface area contributed by atoms with E-state index in [4.69, 9.17) is 19.4 Å². The molecule has 2 heterocycles. The fourth-order valence-electron chi connectivity index (χ4n) is 6.25. The van der Waals surface area contributed by atoms with Crippen LogP contribution in [0.1, 0.15) is 51.9 Å². The van der Waals surface area contributed by atoms with Gasteiger partial charge in [-0.15, -0.1) is 0 Å². The fourth-order valence-corrected chi connectivity index (χ4v) is 6.25. The fraction of sp³-hybridized carbons (Fsp3) is 0.423. The minimum atomic E-state index is -0.722. The Morgan fingerprint density at radius 1 is 0.969 bits per heavy atom. The molecule has 0 radical (unpaired) electrons. The molecule has 3 aromatic rings. The lowest BCUT2D eigenvalue weighted by Gasteiger charge is -2.42. The average molecular weight is 430 g/mol. The Morgan fingerprint density at radius 3 is 2.22 bits per heavy atom. The van der Waals surface area contributed by atoms with Crippen molar-refractivity contribution in [2.45, 2.75) is 51.4 Å². The Kier molecular flexibility index (Phi) is 3.79. The maximum absolute atomic E-state index is 14.4. The number of ether oxygens (including phenoxy) is 2. The third kappa shape index (κ3) is 2.13. The monoisotopic (exact) mass is 429 g/mol. The van der Waals surface area contributed by atoms with Crippen molar-refractivity contribution < 1.29 is 14.3 Å². The molecule has 1 aliphatic heterocycles. The predicted molar refractivity (Wildman–Crippen MR) is 122 cm³/mol. The van der Waals surface area contributed by atoms with Crippen molar-refractivity contribution in [3.8, 4) is 11.5 Å². The number of anilines is 1. The molecule has 6 heteroatoms. The number of rotatable bonds is 3. The molecule has 2 unspecified atom stereocenters. The number of carbonyl (C=O) groups is 1. The molecule has 0 saturated heterocycles. The number of amides is 1. The van der Waals surface area contributed by atoms with Gasteiger partial charge in [-0.1, -0.05) is 39.0 Å². The highest BCUT2D eigenvalue weighted by atomic mass is 16.7. The van der Waals surface area contributed by atoms with Crippen molar-refractivity contribution >= 4 is 22.6 Å². The maximum Gasteiger partial charge on any atom is 0.239 e. The standard InChI is InChI=1S/C26H27N3O3/c1-5-29(16-9-7-6-8-10-16)23(30)26-12-11-25(4,24(26,2)3)21-22(26)28-18-14-20-19(31-15-32-20)13-17(18)27-21/h6-10,13-14H,5,11-12,15H2,1-4H3. The number of hydrogen-bond donors (Lipinski definition) is 0. The largest absolute Gasteiger partial charge is 0.454 e. The second kappa shape index (κ2) is 6.21. The summed E-state index contributed by atoms with van der Waals surface area (Å²) in [6.45, 7) is 9.53. The smallest absolute Gasteiger partial charge is 0.239 e. The van der Waals surface area contributed by atoms with Crippen molar-refractivity contribution in [3.05, 3.63) is 53.9 Å². The molecule has 1 aromatic heterocycles. The van der Waals surface area contributed by atoms with Crippen LogP contribution in [0.15, 0.2) is 42.5 Å². The summed E-state index contributed by atoms with van der Waals surface area (Å²) < 4.78 is 11.1. The van der Waals surface area contributed by atoms with Gasteiger partial charge in [0.25, 0.3) is 0 Å². The van der Waals surface area contributed by atoms with Crippen LogP contribution >= 0.6 is 0 Å². The molecule has 0 spiro atoms. The van der Waals surface area contributed by atoms with Gasteiger partial charge in [-0.2, -0.15) is 0 Å². The van der Waals surface area contributed by atoms with Crippen LogP contribution < -0.4 is 14.4 Å². The van der Waals surface area contributed by atoms with Gasteiger partial charge in [0.05, 0.1) is 27.8 Å². The first-order valence-corrected chi connectivity index (χ1v) is 11.3. The van der Waals surface area contributed by atoms with Gasteiger partial charge in [0.1, 0.15) is 0 Å². The summed E-state index contributed by atoms with van der Waals surface area (Å²) in [6, 6.07) is 13.7. The van der Waals surface area contributed by atoms with E-state index in [9.17, 15) is 4.79 Å². The van der Waals surface area contributed by atoms with Crippen molar-refractivity contribution in [2.24, 2.45) is 5.41 Å². The minimum Gasteiger partial charge on any atom is -0.454 e. The molecule has 1 amide bonds. The molecular weight excluding hydrogens is 402 g/mol. The Labute approximate surface area is 187 Å². The molecule has 1 fully saturated rings. The number of likely N-dealkylation sites (N-methyl/N-ethyl adjacent to an activating group) is 1. The second-order valence-corrected chi connectivity index (χ2v) is 9.86. The molecule has 1 saturated carbocycles. The van der Waals surface area contributed by atoms with Gasteiger partial charge in [-0.25, -0.2) is 9.97 Å². The quantitative estimate of drug-likeness (QED) is 0.602. The van der Waals surface area contributed by atoms with Crippen LogP contribution in [0.25, 0.3) is 11.0 Å². The highest BCUT2D eigenvalue weighted by molar-refractivity contribution is 6.03. The highest BCUT2D eigenvalue weighted by Gasteiger charge is 2.73. The molecular formula is C26H27N3O3. The number of para-hydroxylation sites is 1. The Bertz CT molecular complexity index is 1270. The molecule has 32 heavy (non-hydrogen) atoms. The van der Waals surface area contributed by atoms with Crippen LogP contribution in [0.2, 0.25) is 0 Å². The van der Waals surface area contributed by atoms with Crippen LogP contribution in [0, 0.1) is 5.41 Å². The predicted octanol–water partition coefficient (Wildman–Crippen LogP) is 4.74. The first kappa shape index (κ1) is 19.5. The van der Waals surface area contributed by atoms with Gasteiger partial charge in [0, 0.05) is 29.8 Å². The topological polar surface area (TPSA) is 64.6 Å². The number of aromatic nitrogens is 2. The van der Waals surface area contributed by atoms with Crippen molar-refractivity contribution in [2.75, 3.05) is 18.2 Å².